The first-order valence-corrected chi connectivity index (χ1v) is 27.8. The number of hydrogen-bond acceptors (Lipinski definition) is 18. The summed E-state index contributed by atoms with van der Waals surface area (Å²) in [5, 5.41) is 15.6. The van der Waals surface area contributed by atoms with E-state index in [0.29, 0.717) is 63.3 Å². The molecule has 8 rings (SSSR count). The van der Waals surface area contributed by atoms with Crippen LogP contribution in [0.3, 0.4) is 0 Å². The quantitative estimate of drug-likeness (QED) is 0.0321. The molecule has 5 atom stereocenters. The van der Waals surface area contributed by atoms with E-state index in [9.17, 15) is 46.4 Å². The first kappa shape index (κ1) is 51.4. The monoisotopic (exact) mass is 1050 g/mol. The van der Waals surface area contributed by atoms with Crippen molar-refractivity contribution >= 4 is 73.3 Å². The molecule has 0 bridgehead atoms. The molecule has 376 valence electrons. The maximum atomic E-state index is 13.2. The summed E-state index contributed by atoms with van der Waals surface area (Å²) in [4.78, 5) is 65.2. The Morgan fingerprint density at radius 3 is 2.60 bits per heavy atom. The number of hydrogen-bond donors (Lipinski definition) is 7. The van der Waals surface area contributed by atoms with Crippen LogP contribution in [0.25, 0.3) is 16.6 Å². The molecule has 0 radical (unpaired) electrons. The van der Waals surface area contributed by atoms with E-state index < -0.39 is 69.9 Å². The van der Waals surface area contributed by atoms with E-state index in [-0.39, 0.29) is 36.8 Å². The number of amides is 1. The molecule has 25 nitrogen and oxygen atoms in total. The maximum Gasteiger partial charge on any atom is 0.490 e. The molecule has 8 N–H and O–H groups in total. The average molecular weight is 1050 g/mol. The predicted octanol–water partition coefficient (Wildman–Crippen LogP) is 1.99. The number of nitrogen functional groups attached to an aromatic ring is 1. The molecular formula is C41H49N8O17P3S. The molecule has 70 heavy (non-hydrogen) atoms. The number of nitrogens with two attached hydrogens (primary N) is 1. The van der Waals surface area contributed by atoms with E-state index >= 15 is 0 Å². The largest absolute Gasteiger partial charge is 0.748 e. The fourth-order valence-corrected chi connectivity index (χ4v) is 12.6. The van der Waals surface area contributed by atoms with Gasteiger partial charge in [0.05, 0.1) is 57.7 Å². The summed E-state index contributed by atoms with van der Waals surface area (Å²) in [7, 11) is -21.5. The van der Waals surface area contributed by atoms with Gasteiger partial charge in [-0.25, -0.2) is 41.6 Å². The van der Waals surface area contributed by atoms with Gasteiger partial charge in [-0.05, 0) is 51.3 Å². The number of nitrogens with one attached hydrogen (secondary N) is 1. The Kier molecular flexibility index (Phi) is 14.4. The molecular weight excluding hydrogens is 1000 g/mol. The molecule has 4 aliphatic heterocycles. The van der Waals surface area contributed by atoms with Crippen LogP contribution in [0, 0.1) is 11.8 Å². The molecule has 4 aromatic rings. The van der Waals surface area contributed by atoms with Crippen LogP contribution in [0.4, 0.5) is 17.2 Å². The van der Waals surface area contributed by atoms with Gasteiger partial charge in [-0.15, -0.1) is 0 Å². The second-order valence-corrected chi connectivity index (χ2v) is 23.1. The summed E-state index contributed by atoms with van der Waals surface area (Å²) in [5.74, 6) is 5.90. The molecule has 6 heterocycles. The summed E-state index contributed by atoms with van der Waals surface area (Å²) in [6, 6.07) is 7.60. The third-order valence-electron chi connectivity index (χ3n) is 11.8. The van der Waals surface area contributed by atoms with Gasteiger partial charge in [0.25, 0.3) is 0 Å². The number of carbonyl (C=O) groups excluding carboxylic acids is 1. The highest BCUT2D eigenvalue weighted by Crippen LogP contribution is 2.66. The number of rotatable bonds is 16. The first-order valence-electron chi connectivity index (χ1n) is 21.7. The minimum absolute atomic E-state index is 0.0480. The van der Waals surface area contributed by atoms with E-state index in [2.05, 4.69) is 51.8 Å². The third-order valence-corrected chi connectivity index (χ3v) is 16.3. The zero-order valence-electron chi connectivity index (χ0n) is 37.7. The zero-order chi connectivity index (χ0) is 50.6. The van der Waals surface area contributed by atoms with Gasteiger partial charge in [0.1, 0.15) is 54.3 Å². The molecule has 2 aromatic carbocycles. The molecule has 2 aromatic heterocycles. The summed E-state index contributed by atoms with van der Waals surface area (Å²) in [6.45, 7) is 7.06. The number of nitrogens with zero attached hydrogens (tertiary/aromatic N) is 6. The lowest BCUT2D eigenvalue weighted by Crippen LogP contribution is -2.46. The van der Waals surface area contributed by atoms with Crippen molar-refractivity contribution < 1.29 is 78.8 Å². The summed E-state index contributed by atoms with van der Waals surface area (Å²) in [5.41, 5.74) is 9.14. The van der Waals surface area contributed by atoms with Crippen LogP contribution in [0.15, 0.2) is 47.9 Å². The average Bonchev–Trinajstić information content (AvgIpc) is 3.81. The number of aryl methyl sites for hydroxylation is 1. The van der Waals surface area contributed by atoms with Crippen molar-refractivity contribution in [3.63, 3.8) is 0 Å². The Hall–Kier alpha value is -4.93. The molecule has 0 saturated carbocycles. The highest BCUT2D eigenvalue weighted by Gasteiger charge is 2.43. The van der Waals surface area contributed by atoms with Gasteiger partial charge in [0.15, 0.2) is 11.5 Å². The zero-order valence-corrected chi connectivity index (χ0v) is 41.2. The molecule has 1 amide bonds. The van der Waals surface area contributed by atoms with E-state index in [1.54, 1.807) is 12.1 Å². The standard InChI is InChI=1S/C41H49N8O17P3S/c1-4-47-12-6-9-24-14-28-33(16-30(24)47)63-34-17-31-27(15-29(34)46-28)26(22-70(59,60)61)19-41(2,3)49(31)13-7-10-36(51)43-11-5-8-25-20-48(40-38(25)39(42)44-23-45-40)37-18-32(50)35(64-37)21-62-68(55,56)66-69(57,58)65-67(52,53)54/h14-17,19-20,23,32,35,37,50H,4,6-7,9-13,18,21-22H2,1-3H3,(H7-,42,43,44,45,51,52,53,54,55,56,57,58,59,60,61)/t32-,35+,37+/m0/s1. The van der Waals surface area contributed by atoms with E-state index in [1.165, 1.54) is 22.7 Å². The Morgan fingerprint density at radius 2 is 1.87 bits per heavy atom. The number of anilines is 2. The lowest BCUT2D eigenvalue weighted by Gasteiger charge is -2.44. The predicted molar refractivity (Wildman–Crippen MR) is 248 cm³/mol. The van der Waals surface area contributed by atoms with Gasteiger partial charge in [-0.3, -0.25) is 9.32 Å². The smallest absolute Gasteiger partial charge is 0.490 e. The van der Waals surface area contributed by atoms with Crippen LogP contribution in [0.5, 0.6) is 11.5 Å². The number of carbonyl (C=O) groups is 1. The number of phosphoric ester groups is 1. The fraction of sp³-hybridized carbons (Fsp3) is 0.439. The molecule has 0 spiro atoms. The molecule has 0 aliphatic carbocycles. The van der Waals surface area contributed by atoms with E-state index in [1.807, 2.05) is 36.9 Å². The van der Waals surface area contributed by atoms with Crippen molar-refractivity contribution in [3.8, 4) is 23.3 Å². The Morgan fingerprint density at radius 1 is 1.10 bits per heavy atom. The summed E-state index contributed by atoms with van der Waals surface area (Å²) >= 11 is 0. The number of ether oxygens (including phenoxy) is 2. The van der Waals surface area contributed by atoms with Crippen LogP contribution in [0.2, 0.25) is 0 Å². The fourth-order valence-electron chi connectivity index (χ4n) is 8.94. The lowest BCUT2D eigenvalue weighted by molar-refractivity contribution is -0.120. The first-order chi connectivity index (χ1) is 32.8. The van der Waals surface area contributed by atoms with E-state index in [4.69, 9.17) is 30.0 Å². The van der Waals surface area contributed by atoms with Gasteiger partial charge in [0, 0.05) is 54.9 Å². The van der Waals surface area contributed by atoms with Crippen LogP contribution in [-0.4, -0.2) is 114 Å². The van der Waals surface area contributed by atoms with Crippen molar-refractivity contribution in [2.45, 2.75) is 76.9 Å². The third kappa shape index (κ3) is 11.7. The van der Waals surface area contributed by atoms with Crippen molar-refractivity contribution in [1.82, 2.24) is 24.4 Å². The van der Waals surface area contributed by atoms with Crippen molar-refractivity contribution in [2.75, 3.05) is 49.2 Å². The SMILES string of the molecule is CC[N+]1=c2cc3c(cc2CCC1)=Nc1cc2c(cc1O3)N(CCCC(=O)NCC#Cc1cn([C@H]3C[C@H](O)[C@@H](COP(=O)(O)OP(=O)(O)OP(=O)(O)O)O3)c3ncnc(N)c13)C(C)(C)C=C2CS(=O)(=O)[O-]. The summed E-state index contributed by atoms with van der Waals surface area (Å²) in [6.07, 6.45) is 3.07. The summed E-state index contributed by atoms with van der Waals surface area (Å²) < 4.78 is 99.4. The molecule has 29 heteroatoms. The minimum Gasteiger partial charge on any atom is -0.748 e. The van der Waals surface area contributed by atoms with Crippen molar-refractivity contribution in [2.24, 2.45) is 4.99 Å². The number of aliphatic hydroxyl groups excluding tert-OH is 1. The molecule has 1 fully saturated rings. The normalized spacial score (nSPS) is 21.1. The van der Waals surface area contributed by atoms with Crippen LogP contribution in [0.1, 0.15) is 69.4 Å². The van der Waals surface area contributed by atoms with Crippen molar-refractivity contribution in [3.05, 3.63) is 70.3 Å². The molecule has 2 unspecified atom stereocenters. The number of aliphatic hydroxyl groups is 1. The van der Waals surface area contributed by atoms with Gasteiger partial charge >= 0.3 is 23.5 Å². The Labute approximate surface area is 399 Å². The Balaban J connectivity index is 0.924. The van der Waals surface area contributed by atoms with Gasteiger partial charge in [-0.1, -0.05) is 17.9 Å². The van der Waals surface area contributed by atoms with Gasteiger partial charge in [0.2, 0.25) is 11.3 Å². The number of fused-ring (bicyclic) bond motifs is 5. The van der Waals surface area contributed by atoms with Crippen LogP contribution < -0.4 is 36.0 Å². The second-order valence-electron chi connectivity index (χ2n) is 17.3. The number of phosphoric acid groups is 3. The van der Waals surface area contributed by atoms with Crippen LogP contribution in [-0.2, 0) is 52.9 Å². The highest BCUT2D eigenvalue weighted by molar-refractivity contribution is 7.86. The van der Waals surface area contributed by atoms with Crippen molar-refractivity contribution in [1.29, 1.82) is 0 Å². The lowest BCUT2D eigenvalue weighted by atomic mass is 9.88. The van der Waals surface area contributed by atoms with Crippen LogP contribution >= 0.6 is 23.5 Å². The number of aromatic nitrogens is 3. The van der Waals surface area contributed by atoms with Gasteiger partial charge < -0.3 is 59.2 Å². The number of benzene rings is 2. The maximum absolute atomic E-state index is 13.2. The Bertz CT molecular complexity index is 3280. The second kappa shape index (κ2) is 19.6. The van der Waals surface area contributed by atoms with Gasteiger partial charge in [-0.2, -0.15) is 8.62 Å². The van der Waals surface area contributed by atoms with E-state index in [0.717, 1.165) is 31.3 Å². The topological polar surface area (TPSA) is 360 Å². The minimum atomic E-state index is -5.77. The molecule has 4 aliphatic rings. The molecule has 1 saturated heterocycles. The highest BCUT2D eigenvalue weighted by atomic mass is 32.2.